The van der Waals surface area contributed by atoms with Crippen molar-refractivity contribution in [2.45, 2.75) is 26.2 Å². The van der Waals surface area contributed by atoms with Crippen LogP contribution in [-0.2, 0) is 6.42 Å². The molecule has 2 aromatic carbocycles. The van der Waals surface area contributed by atoms with Gasteiger partial charge in [-0.15, -0.1) is 0 Å². The molecule has 0 bridgehead atoms. The first-order chi connectivity index (χ1) is 9.97. The summed E-state index contributed by atoms with van der Waals surface area (Å²) in [5, 5.41) is 4.15. The Morgan fingerprint density at radius 2 is 1.86 bits per heavy atom. The van der Waals surface area contributed by atoms with E-state index in [-0.39, 0.29) is 0 Å². The minimum atomic E-state index is 0.459. The highest BCUT2D eigenvalue weighted by atomic mass is 35.5. The molecule has 0 saturated carbocycles. The van der Waals surface area contributed by atoms with Crippen LogP contribution in [0.1, 0.15) is 30.9 Å². The zero-order valence-corrected chi connectivity index (χ0v) is 13.2. The van der Waals surface area contributed by atoms with Gasteiger partial charge in [0.15, 0.2) is 0 Å². The maximum atomic E-state index is 6.08. The molecule has 0 amide bonds. The van der Waals surface area contributed by atoms with Crippen LogP contribution in [0.5, 0.6) is 0 Å². The van der Waals surface area contributed by atoms with Crippen molar-refractivity contribution in [3.8, 4) is 0 Å². The molecule has 0 fully saturated rings. The minimum Gasteiger partial charge on any atom is -0.399 e. The SMILES string of the molecule is CC(C)c1cc(Cl)ccc1CCNc1ccc(N)cc1N. The molecule has 5 N–H and O–H groups in total. The average Bonchev–Trinajstić information content (AvgIpc) is 2.42. The number of benzene rings is 2. The summed E-state index contributed by atoms with van der Waals surface area (Å²) in [5.74, 6) is 0.459. The summed E-state index contributed by atoms with van der Waals surface area (Å²) in [4.78, 5) is 0. The largest absolute Gasteiger partial charge is 0.399 e. The minimum absolute atomic E-state index is 0.459. The van der Waals surface area contributed by atoms with Crippen LogP contribution in [0.15, 0.2) is 36.4 Å². The van der Waals surface area contributed by atoms with Crippen LogP contribution in [0, 0.1) is 0 Å². The number of halogens is 1. The molecule has 0 spiro atoms. The lowest BCUT2D eigenvalue weighted by atomic mass is 9.95. The maximum Gasteiger partial charge on any atom is 0.0575 e. The number of nitrogen functional groups attached to an aromatic ring is 2. The quantitative estimate of drug-likeness (QED) is 0.722. The third kappa shape index (κ3) is 4.05. The van der Waals surface area contributed by atoms with Crippen LogP contribution < -0.4 is 16.8 Å². The van der Waals surface area contributed by atoms with Gasteiger partial charge in [0.05, 0.1) is 11.4 Å². The highest BCUT2D eigenvalue weighted by molar-refractivity contribution is 6.30. The number of nitrogens with two attached hydrogens (primary N) is 2. The van der Waals surface area contributed by atoms with E-state index in [0.29, 0.717) is 17.3 Å². The highest BCUT2D eigenvalue weighted by Crippen LogP contribution is 2.25. The number of nitrogens with one attached hydrogen (secondary N) is 1. The molecule has 0 aliphatic carbocycles. The normalized spacial score (nSPS) is 10.9. The zero-order valence-electron chi connectivity index (χ0n) is 12.5. The summed E-state index contributed by atoms with van der Waals surface area (Å²) >= 11 is 6.08. The second-order valence-corrected chi connectivity index (χ2v) is 5.96. The van der Waals surface area contributed by atoms with E-state index in [1.54, 1.807) is 6.07 Å². The smallest absolute Gasteiger partial charge is 0.0575 e. The van der Waals surface area contributed by atoms with Gasteiger partial charge < -0.3 is 16.8 Å². The third-order valence-electron chi connectivity index (χ3n) is 3.52. The molecule has 21 heavy (non-hydrogen) atoms. The molecule has 0 saturated heterocycles. The molecule has 0 aliphatic rings. The predicted molar refractivity (Wildman–Crippen MR) is 93.0 cm³/mol. The molecule has 0 aliphatic heterocycles. The van der Waals surface area contributed by atoms with E-state index in [1.165, 1.54) is 11.1 Å². The molecule has 0 radical (unpaired) electrons. The molecule has 2 rings (SSSR count). The van der Waals surface area contributed by atoms with Gasteiger partial charge in [-0.2, -0.15) is 0 Å². The molecule has 0 atom stereocenters. The van der Waals surface area contributed by atoms with Gasteiger partial charge in [-0.1, -0.05) is 31.5 Å². The lowest BCUT2D eigenvalue weighted by molar-refractivity contribution is 0.838. The summed E-state index contributed by atoms with van der Waals surface area (Å²) < 4.78 is 0. The van der Waals surface area contributed by atoms with Crippen LogP contribution in [-0.4, -0.2) is 6.54 Å². The van der Waals surface area contributed by atoms with Gasteiger partial charge in [0.1, 0.15) is 0 Å². The van der Waals surface area contributed by atoms with Crippen LogP contribution in [0.2, 0.25) is 5.02 Å². The standard InChI is InChI=1S/C17H22ClN3/c1-11(2)15-9-13(18)4-3-12(15)7-8-21-17-6-5-14(19)10-16(17)20/h3-6,9-11,21H,7-8,19-20H2,1-2H3. The fourth-order valence-electron chi connectivity index (χ4n) is 2.40. The van der Waals surface area contributed by atoms with Crippen molar-refractivity contribution in [2.24, 2.45) is 0 Å². The molecular formula is C17H22ClN3. The van der Waals surface area contributed by atoms with E-state index in [4.69, 9.17) is 23.1 Å². The molecule has 112 valence electrons. The first kappa shape index (κ1) is 15.5. The first-order valence-electron chi connectivity index (χ1n) is 7.14. The second-order valence-electron chi connectivity index (χ2n) is 5.52. The van der Waals surface area contributed by atoms with Crippen molar-refractivity contribution in [1.29, 1.82) is 0 Å². The Hall–Kier alpha value is -1.87. The van der Waals surface area contributed by atoms with Gasteiger partial charge >= 0.3 is 0 Å². The lowest BCUT2D eigenvalue weighted by Gasteiger charge is -2.15. The number of anilines is 3. The van der Waals surface area contributed by atoms with Gasteiger partial charge in [-0.3, -0.25) is 0 Å². The summed E-state index contributed by atoms with van der Waals surface area (Å²) in [5.41, 5.74) is 16.5. The van der Waals surface area contributed by atoms with E-state index in [9.17, 15) is 0 Å². The Bertz CT molecular complexity index is 623. The van der Waals surface area contributed by atoms with Crippen LogP contribution in [0.4, 0.5) is 17.1 Å². The fraction of sp³-hybridized carbons (Fsp3) is 0.294. The summed E-state index contributed by atoms with van der Waals surface area (Å²) in [7, 11) is 0. The van der Waals surface area contributed by atoms with Gasteiger partial charge in [-0.25, -0.2) is 0 Å². The Kier molecular flexibility index (Phi) is 4.97. The van der Waals surface area contributed by atoms with E-state index in [2.05, 4.69) is 31.3 Å². The third-order valence-corrected chi connectivity index (χ3v) is 3.75. The van der Waals surface area contributed by atoms with E-state index in [1.807, 2.05) is 18.2 Å². The molecule has 0 aromatic heterocycles. The Labute approximate surface area is 131 Å². The van der Waals surface area contributed by atoms with Gasteiger partial charge in [0.25, 0.3) is 0 Å². The van der Waals surface area contributed by atoms with E-state index >= 15 is 0 Å². The fourth-order valence-corrected chi connectivity index (χ4v) is 2.59. The average molecular weight is 304 g/mol. The van der Waals surface area contributed by atoms with Crippen molar-refractivity contribution >= 4 is 28.7 Å². The molecule has 0 unspecified atom stereocenters. The number of hydrogen-bond acceptors (Lipinski definition) is 3. The number of hydrogen-bond donors (Lipinski definition) is 3. The maximum absolute atomic E-state index is 6.08. The Morgan fingerprint density at radius 3 is 2.52 bits per heavy atom. The zero-order chi connectivity index (χ0) is 15.4. The van der Waals surface area contributed by atoms with E-state index in [0.717, 1.165) is 23.7 Å². The summed E-state index contributed by atoms with van der Waals surface area (Å²) in [6, 6.07) is 11.6. The van der Waals surface area contributed by atoms with Crippen molar-refractivity contribution in [2.75, 3.05) is 23.3 Å². The van der Waals surface area contributed by atoms with Crippen molar-refractivity contribution in [3.05, 3.63) is 52.5 Å². The molecule has 4 heteroatoms. The van der Waals surface area contributed by atoms with Gasteiger partial charge in [0.2, 0.25) is 0 Å². The topological polar surface area (TPSA) is 64.1 Å². The van der Waals surface area contributed by atoms with Crippen LogP contribution >= 0.6 is 11.6 Å². The molecule has 3 nitrogen and oxygen atoms in total. The highest BCUT2D eigenvalue weighted by Gasteiger charge is 2.07. The predicted octanol–water partition coefficient (Wildman–Crippen LogP) is 4.28. The van der Waals surface area contributed by atoms with Crippen molar-refractivity contribution < 1.29 is 0 Å². The van der Waals surface area contributed by atoms with Crippen molar-refractivity contribution in [3.63, 3.8) is 0 Å². The molecule has 2 aromatic rings. The monoisotopic (exact) mass is 303 g/mol. The second kappa shape index (κ2) is 6.72. The molecular weight excluding hydrogens is 282 g/mol. The lowest BCUT2D eigenvalue weighted by Crippen LogP contribution is -2.09. The van der Waals surface area contributed by atoms with Gasteiger partial charge in [0, 0.05) is 17.3 Å². The van der Waals surface area contributed by atoms with E-state index < -0.39 is 0 Å². The first-order valence-corrected chi connectivity index (χ1v) is 7.52. The van der Waals surface area contributed by atoms with Gasteiger partial charge in [-0.05, 0) is 53.8 Å². The molecule has 0 heterocycles. The Morgan fingerprint density at radius 1 is 1.10 bits per heavy atom. The number of rotatable bonds is 5. The summed E-state index contributed by atoms with van der Waals surface area (Å²) in [6.45, 7) is 5.18. The van der Waals surface area contributed by atoms with Crippen LogP contribution in [0.25, 0.3) is 0 Å². The Balaban J connectivity index is 2.03. The van der Waals surface area contributed by atoms with Crippen molar-refractivity contribution in [1.82, 2.24) is 0 Å². The summed E-state index contributed by atoms with van der Waals surface area (Å²) in [6.07, 6.45) is 0.925. The van der Waals surface area contributed by atoms with Crippen LogP contribution in [0.3, 0.4) is 0 Å².